The van der Waals surface area contributed by atoms with E-state index in [1.165, 1.54) is 12.0 Å². The molecule has 0 radical (unpaired) electrons. The topological polar surface area (TPSA) is 0 Å². The minimum Gasteiger partial charge on any atom is -0.0776 e. The van der Waals surface area contributed by atoms with E-state index in [1.807, 2.05) is 0 Å². The summed E-state index contributed by atoms with van der Waals surface area (Å²) in [5.74, 6) is 0.647. The molecule has 0 fully saturated rings. The van der Waals surface area contributed by atoms with Crippen molar-refractivity contribution in [1.29, 1.82) is 0 Å². The maximum atomic E-state index is 2.26. The van der Waals surface area contributed by atoms with Crippen molar-refractivity contribution in [2.75, 3.05) is 0 Å². The summed E-state index contributed by atoms with van der Waals surface area (Å²) in [5.41, 5.74) is 1.34. The molecular formula is C10H14. The summed E-state index contributed by atoms with van der Waals surface area (Å²) in [5, 5.41) is 0. The van der Waals surface area contributed by atoms with E-state index in [0.29, 0.717) is 5.92 Å². The lowest BCUT2D eigenvalue weighted by atomic mass is 10.1. The highest BCUT2D eigenvalue weighted by atomic mass is 14.0. The molecule has 0 bridgehead atoms. The largest absolute Gasteiger partial charge is 0.0776 e. The molecule has 0 aromatic carbocycles. The van der Waals surface area contributed by atoms with Crippen molar-refractivity contribution in [2.45, 2.75) is 20.3 Å². The smallest absolute Gasteiger partial charge is 0.00498 e. The van der Waals surface area contributed by atoms with Gasteiger partial charge in [-0.15, -0.1) is 0 Å². The molecule has 0 nitrogen and oxygen atoms in total. The first-order chi connectivity index (χ1) is 4.83. The van der Waals surface area contributed by atoms with Gasteiger partial charge in [0.1, 0.15) is 0 Å². The fourth-order valence-electron chi connectivity index (χ4n) is 1.02. The van der Waals surface area contributed by atoms with E-state index in [4.69, 9.17) is 0 Å². The van der Waals surface area contributed by atoms with Gasteiger partial charge in [-0.3, -0.25) is 0 Å². The molecule has 1 rings (SSSR count). The number of hydrogen-bond donors (Lipinski definition) is 0. The Balaban J connectivity index is 2.68. The van der Waals surface area contributed by atoms with Gasteiger partial charge in [0, 0.05) is 0 Å². The highest BCUT2D eigenvalue weighted by Crippen LogP contribution is 2.12. The van der Waals surface area contributed by atoms with Crippen LogP contribution in [0.1, 0.15) is 20.3 Å². The van der Waals surface area contributed by atoms with Gasteiger partial charge in [0.15, 0.2) is 0 Å². The van der Waals surface area contributed by atoms with Crippen LogP contribution in [0.3, 0.4) is 0 Å². The second-order valence-electron chi connectivity index (χ2n) is 2.73. The first-order valence-electron chi connectivity index (χ1n) is 3.86. The average molecular weight is 134 g/mol. The van der Waals surface area contributed by atoms with E-state index < -0.39 is 0 Å². The van der Waals surface area contributed by atoms with Gasteiger partial charge in [-0.1, -0.05) is 42.9 Å². The summed E-state index contributed by atoms with van der Waals surface area (Å²) in [6, 6.07) is 0. The summed E-state index contributed by atoms with van der Waals surface area (Å²) in [7, 11) is 0. The Hall–Kier alpha value is -0.780. The van der Waals surface area contributed by atoms with Crippen molar-refractivity contribution in [3.8, 4) is 0 Å². The quantitative estimate of drug-likeness (QED) is 0.517. The molecule has 0 heteroatoms. The van der Waals surface area contributed by atoms with Crippen LogP contribution in [0, 0.1) is 5.92 Å². The van der Waals surface area contributed by atoms with Crippen LogP contribution in [-0.4, -0.2) is 0 Å². The van der Waals surface area contributed by atoms with Crippen LogP contribution in [0.15, 0.2) is 36.0 Å². The minimum absolute atomic E-state index is 0.647. The summed E-state index contributed by atoms with van der Waals surface area (Å²) in [6.45, 7) is 4.33. The fourth-order valence-corrected chi connectivity index (χ4v) is 1.02. The lowest BCUT2D eigenvalue weighted by molar-refractivity contribution is 0.775. The predicted octanol–water partition coefficient (Wildman–Crippen LogP) is 3.08. The fraction of sp³-hybridized carbons (Fsp3) is 0.400. The average Bonchev–Trinajstić information content (AvgIpc) is 2.14. The summed E-state index contributed by atoms with van der Waals surface area (Å²) in [6.07, 6.45) is 12.2. The van der Waals surface area contributed by atoms with Crippen molar-refractivity contribution in [3.05, 3.63) is 36.0 Å². The van der Waals surface area contributed by atoms with E-state index >= 15 is 0 Å². The third-order valence-corrected chi connectivity index (χ3v) is 1.80. The maximum absolute atomic E-state index is 2.26. The highest BCUT2D eigenvalue weighted by Gasteiger charge is 1.96. The molecule has 0 amide bonds. The normalized spacial score (nSPS) is 24.2. The Kier molecular flexibility index (Phi) is 2.49. The molecule has 0 saturated carbocycles. The van der Waals surface area contributed by atoms with Gasteiger partial charge in [0.05, 0.1) is 0 Å². The van der Waals surface area contributed by atoms with Crippen LogP contribution in [0.25, 0.3) is 0 Å². The van der Waals surface area contributed by atoms with Crippen molar-refractivity contribution < 1.29 is 0 Å². The van der Waals surface area contributed by atoms with E-state index in [-0.39, 0.29) is 0 Å². The molecule has 10 heavy (non-hydrogen) atoms. The molecule has 0 heterocycles. The number of allylic oxidation sites excluding steroid dienone is 6. The Morgan fingerprint density at radius 2 is 2.20 bits per heavy atom. The van der Waals surface area contributed by atoms with Gasteiger partial charge < -0.3 is 0 Å². The molecule has 1 atom stereocenters. The monoisotopic (exact) mass is 134 g/mol. The van der Waals surface area contributed by atoms with E-state index in [0.717, 1.165) is 0 Å². The van der Waals surface area contributed by atoms with E-state index in [9.17, 15) is 0 Å². The van der Waals surface area contributed by atoms with Crippen LogP contribution in [0.4, 0.5) is 0 Å². The molecule has 1 aliphatic carbocycles. The van der Waals surface area contributed by atoms with Crippen LogP contribution >= 0.6 is 0 Å². The van der Waals surface area contributed by atoms with Crippen molar-refractivity contribution in [1.82, 2.24) is 0 Å². The maximum Gasteiger partial charge on any atom is -0.00498 e. The molecule has 0 aliphatic heterocycles. The molecular weight excluding hydrogens is 120 g/mol. The number of hydrogen-bond acceptors (Lipinski definition) is 0. The van der Waals surface area contributed by atoms with Gasteiger partial charge in [-0.05, 0) is 19.3 Å². The van der Waals surface area contributed by atoms with Gasteiger partial charge in [0.2, 0.25) is 0 Å². The minimum atomic E-state index is 0.647. The Morgan fingerprint density at radius 3 is 2.90 bits per heavy atom. The van der Waals surface area contributed by atoms with Crippen LogP contribution in [0.5, 0.6) is 0 Å². The third-order valence-electron chi connectivity index (χ3n) is 1.80. The Bertz CT molecular complexity index is 182. The van der Waals surface area contributed by atoms with E-state index in [2.05, 4.69) is 44.2 Å². The van der Waals surface area contributed by atoms with Crippen LogP contribution < -0.4 is 0 Å². The first kappa shape index (κ1) is 7.33. The Labute approximate surface area is 62.9 Å². The first-order valence-corrected chi connectivity index (χ1v) is 3.86. The summed E-state index contributed by atoms with van der Waals surface area (Å²) in [4.78, 5) is 0. The zero-order chi connectivity index (χ0) is 7.40. The van der Waals surface area contributed by atoms with Crippen molar-refractivity contribution >= 4 is 0 Å². The highest BCUT2D eigenvalue weighted by molar-refractivity contribution is 5.26. The molecule has 0 aromatic heterocycles. The molecule has 1 unspecified atom stereocenters. The molecule has 1 aliphatic rings. The molecule has 0 aromatic rings. The SMILES string of the molecule is CCC1C=CC=C(C)C=C1. The van der Waals surface area contributed by atoms with Gasteiger partial charge in [0.25, 0.3) is 0 Å². The molecule has 0 N–H and O–H groups in total. The summed E-state index contributed by atoms with van der Waals surface area (Å²) < 4.78 is 0. The summed E-state index contributed by atoms with van der Waals surface area (Å²) >= 11 is 0. The number of rotatable bonds is 1. The zero-order valence-electron chi connectivity index (χ0n) is 6.67. The standard InChI is InChI=1S/C10H14/c1-3-10-6-4-5-9(2)7-8-10/h4-8,10H,3H2,1-2H3. The molecule has 54 valence electrons. The van der Waals surface area contributed by atoms with Gasteiger partial charge >= 0.3 is 0 Å². The second kappa shape index (κ2) is 3.40. The van der Waals surface area contributed by atoms with Crippen molar-refractivity contribution in [3.63, 3.8) is 0 Å². The van der Waals surface area contributed by atoms with Gasteiger partial charge in [-0.25, -0.2) is 0 Å². The lowest BCUT2D eigenvalue weighted by Crippen LogP contribution is -1.85. The zero-order valence-corrected chi connectivity index (χ0v) is 6.67. The third kappa shape index (κ3) is 1.87. The van der Waals surface area contributed by atoms with Gasteiger partial charge in [-0.2, -0.15) is 0 Å². The van der Waals surface area contributed by atoms with Crippen LogP contribution in [0.2, 0.25) is 0 Å². The van der Waals surface area contributed by atoms with Crippen LogP contribution in [-0.2, 0) is 0 Å². The van der Waals surface area contributed by atoms with E-state index in [1.54, 1.807) is 0 Å². The lowest BCUT2D eigenvalue weighted by Gasteiger charge is -1.98. The van der Waals surface area contributed by atoms with Crippen molar-refractivity contribution in [2.24, 2.45) is 5.92 Å². The second-order valence-corrected chi connectivity index (χ2v) is 2.73. The molecule has 0 saturated heterocycles. The predicted molar refractivity (Wildman–Crippen MR) is 45.8 cm³/mol. The molecule has 0 spiro atoms. The Morgan fingerprint density at radius 1 is 1.40 bits per heavy atom.